The molecule has 0 saturated heterocycles. The number of fused-ring (bicyclic) bond motifs is 1. The molecule has 2 heterocycles. The van der Waals surface area contributed by atoms with E-state index in [4.69, 9.17) is 11.6 Å². The van der Waals surface area contributed by atoms with E-state index in [2.05, 4.69) is 15.3 Å². The van der Waals surface area contributed by atoms with Crippen LogP contribution in [0.5, 0.6) is 0 Å². The van der Waals surface area contributed by atoms with Gasteiger partial charge in [-0.3, -0.25) is 4.79 Å². The van der Waals surface area contributed by atoms with Gasteiger partial charge in [0.15, 0.2) is 5.82 Å². The number of carbonyl (C=O) groups is 1. The highest BCUT2D eigenvalue weighted by atomic mass is 35.5. The van der Waals surface area contributed by atoms with E-state index in [0.29, 0.717) is 17.9 Å². The van der Waals surface area contributed by atoms with Gasteiger partial charge in [0.2, 0.25) is 11.2 Å². The molecule has 6 heteroatoms. The molecule has 1 N–H and O–H groups in total. The minimum atomic E-state index is -0.0179. The molecule has 16 heavy (non-hydrogen) atoms. The van der Waals surface area contributed by atoms with Gasteiger partial charge in [-0.1, -0.05) is 0 Å². The lowest BCUT2D eigenvalue weighted by Gasteiger charge is -2.26. The first kappa shape index (κ1) is 11.1. The van der Waals surface area contributed by atoms with Gasteiger partial charge in [0.1, 0.15) is 5.69 Å². The highest BCUT2D eigenvalue weighted by Crippen LogP contribution is 2.29. The summed E-state index contributed by atoms with van der Waals surface area (Å²) < 4.78 is 0. The van der Waals surface area contributed by atoms with E-state index in [1.165, 1.54) is 0 Å². The molecule has 1 atom stereocenters. The number of nitrogens with one attached hydrogen (secondary N) is 1. The van der Waals surface area contributed by atoms with E-state index >= 15 is 0 Å². The molecular weight excluding hydrogens is 228 g/mol. The van der Waals surface area contributed by atoms with Crippen molar-refractivity contribution in [1.82, 2.24) is 9.97 Å². The Morgan fingerprint density at radius 3 is 3.12 bits per heavy atom. The second-order valence-corrected chi connectivity index (χ2v) is 4.10. The summed E-state index contributed by atoms with van der Waals surface area (Å²) in [6.45, 7) is 4.79. The summed E-state index contributed by atoms with van der Waals surface area (Å²) in [6.07, 6.45) is 1.99. The van der Waals surface area contributed by atoms with Crippen LogP contribution in [0.4, 0.5) is 11.5 Å². The van der Waals surface area contributed by atoms with Crippen molar-refractivity contribution >= 4 is 29.0 Å². The number of rotatable bonds is 1. The van der Waals surface area contributed by atoms with Gasteiger partial charge in [-0.15, -0.1) is 0 Å². The lowest BCUT2D eigenvalue weighted by Crippen LogP contribution is -2.33. The molecule has 1 amide bonds. The van der Waals surface area contributed by atoms with Gasteiger partial charge in [-0.25, -0.2) is 4.98 Å². The van der Waals surface area contributed by atoms with Gasteiger partial charge in [0, 0.05) is 19.0 Å². The average molecular weight is 241 g/mol. The van der Waals surface area contributed by atoms with Crippen molar-refractivity contribution in [3.05, 3.63) is 11.5 Å². The molecule has 86 valence electrons. The quantitative estimate of drug-likeness (QED) is 0.759. The number of hydrogen-bond acceptors (Lipinski definition) is 4. The maximum atomic E-state index is 11.6. The Hall–Kier alpha value is -1.36. The predicted octanol–water partition coefficient (Wildman–Crippen LogP) is 1.69. The molecule has 0 radical (unpaired) electrons. The number of halogens is 1. The third-order valence-electron chi connectivity index (χ3n) is 2.64. The van der Waals surface area contributed by atoms with Crippen LogP contribution in [-0.2, 0) is 4.79 Å². The Morgan fingerprint density at radius 1 is 1.69 bits per heavy atom. The predicted molar refractivity (Wildman–Crippen MR) is 62.8 cm³/mol. The van der Waals surface area contributed by atoms with Crippen LogP contribution in [0.2, 0.25) is 5.28 Å². The molecule has 0 bridgehead atoms. The van der Waals surface area contributed by atoms with Crippen LogP contribution in [-0.4, -0.2) is 28.5 Å². The lowest BCUT2D eigenvalue weighted by atomic mass is 10.2. The molecular formula is C10H13ClN4O. The van der Waals surface area contributed by atoms with Crippen LogP contribution < -0.4 is 10.2 Å². The second-order valence-electron chi connectivity index (χ2n) is 3.76. The molecule has 1 aromatic heterocycles. The molecule has 0 saturated carbocycles. The third kappa shape index (κ3) is 1.95. The smallest absolute Gasteiger partial charge is 0.226 e. The highest BCUT2D eigenvalue weighted by Gasteiger charge is 2.25. The fraction of sp³-hybridized carbons (Fsp3) is 0.500. The van der Waals surface area contributed by atoms with Gasteiger partial charge in [-0.2, -0.15) is 4.98 Å². The van der Waals surface area contributed by atoms with E-state index in [0.717, 1.165) is 6.54 Å². The zero-order valence-electron chi connectivity index (χ0n) is 9.20. The van der Waals surface area contributed by atoms with Gasteiger partial charge >= 0.3 is 0 Å². The molecule has 0 aliphatic carbocycles. The average Bonchev–Trinajstić information content (AvgIpc) is 2.33. The summed E-state index contributed by atoms with van der Waals surface area (Å²) >= 11 is 5.77. The van der Waals surface area contributed by atoms with E-state index in [9.17, 15) is 4.79 Å². The normalized spacial score (nSPS) is 20.1. The number of amides is 1. The number of aromatic nitrogens is 2. The topological polar surface area (TPSA) is 58.1 Å². The Labute approximate surface area is 98.8 Å². The minimum absolute atomic E-state index is 0.0179. The SMILES string of the molecule is CCN1c2nc(Cl)ncc2NC(=O)CC1C. The highest BCUT2D eigenvalue weighted by molar-refractivity contribution is 6.28. The van der Waals surface area contributed by atoms with Crippen LogP contribution in [0.15, 0.2) is 6.20 Å². The fourth-order valence-electron chi connectivity index (χ4n) is 1.91. The third-order valence-corrected chi connectivity index (χ3v) is 2.82. The number of nitrogens with zero attached hydrogens (tertiary/aromatic N) is 3. The van der Waals surface area contributed by atoms with Crippen molar-refractivity contribution in [2.75, 3.05) is 16.8 Å². The first-order valence-electron chi connectivity index (χ1n) is 5.21. The van der Waals surface area contributed by atoms with Crippen LogP contribution in [0.3, 0.4) is 0 Å². The Balaban J connectivity index is 2.50. The molecule has 1 unspecified atom stereocenters. The maximum absolute atomic E-state index is 11.6. The number of hydrogen-bond donors (Lipinski definition) is 1. The summed E-state index contributed by atoms with van der Waals surface area (Å²) in [6, 6.07) is 0.109. The van der Waals surface area contributed by atoms with E-state index in [1.54, 1.807) is 6.20 Å². The van der Waals surface area contributed by atoms with Crippen LogP contribution in [0.1, 0.15) is 20.3 Å². The number of anilines is 2. The van der Waals surface area contributed by atoms with Crippen molar-refractivity contribution in [2.45, 2.75) is 26.3 Å². The van der Waals surface area contributed by atoms with Crippen molar-refractivity contribution in [2.24, 2.45) is 0 Å². The monoisotopic (exact) mass is 240 g/mol. The van der Waals surface area contributed by atoms with E-state index in [-0.39, 0.29) is 17.2 Å². The van der Waals surface area contributed by atoms with Gasteiger partial charge in [0.05, 0.1) is 6.20 Å². The Morgan fingerprint density at radius 2 is 2.44 bits per heavy atom. The second kappa shape index (κ2) is 4.25. The maximum Gasteiger partial charge on any atom is 0.226 e. The fourth-order valence-corrected chi connectivity index (χ4v) is 2.04. The first-order valence-corrected chi connectivity index (χ1v) is 5.58. The van der Waals surface area contributed by atoms with Crippen LogP contribution in [0, 0.1) is 0 Å². The molecule has 0 aromatic carbocycles. The zero-order chi connectivity index (χ0) is 11.7. The molecule has 0 fully saturated rings. The minimum Gasteiger partial charge on any atom is -0.352 e. The molecule has 2 rings (SSSR count). The Bertz CT molecular complexity index is 423. The first-order chi connectivity index (χ1) is 7.61. The van der Waals surface area contributed by atoms with Crippen LogP contribution >= 0.6 is 11.6 Å². The summed E-state index contributed by atoms with van der Waals surface area (Å²) in [4.78, 5) is 21.7. The summed E-state index contributed by atoms with van der Waals surface area (Å²) in [5, 5.41) is 2.98. The summed E-state index contributed by atoms with van der Waals surface area (Å²) in [7, 11) is 0. The van der Waals surface area contributed by atoms with Crippen molar-refractivity contribution in [3.8, 4) is 0 Å². The summed E-state index contributed by atoms with van der Waals surface area (Å²) in [5.74, 6) is 0.677. The molecule has 1 aliphatic rings. The number of carbonyl (C=O) groups excluding carboxylic acids is 1. The van der Waals surface area contributed by atoms with Gasteiger partial charge < -0.3 is 10.2 Å². The van der Waals surface area contributed by atoms with Crippen molar-refractivity contribution < 1.29 is 4.79 Å². The van der Waals surface area contributed by atoms with Crippen LogP contribution in [0.25, 0.3) is 0 Å². The van der Waals surface area contributed by atoms with Gasteiger partial charge in [-0.05, 0) is 25.4 Å². The standard InChI is InChI=1S/C10H13ClN4O/c1-3-15-6(2)4-8(16)13-7-5-12-10(11)14-9(7)15/h5-6H,3-4H2,1-2H3,(H,13,16). The van der Waals surface area contributed by atoms with E-state index in [1.807, 2.05) is 18.7 Å². The molecule has 1 aliphatic heterocycles. The van der Waals surface area contributed by atoms with Gasteiger partial charge in [0.25, 0.3) is 0 Å². The van der Waals surface area contributed by atoms with Crippen molar-refractivity contribution in [1.29, 1.82) is 0 Å². The zero-order valence-corrected chi connectivity index (χ0v) is 9.95. The van der Waals surface area contributed by atoms with E-state index < -0.39 is 0 Å². The largest absolute Gasteiger partial charge is 0.352 e. The lowest BCUT2D eigenvalue weighted by molar-refractivity contribution is -0.116. The molecule has 1 aromatic rings. The molecule has 0 spiro atoms. The molecule has 5 nitrogen and oxygen atoms in total. The Kier molecular flexibility index (Phi) is 2.96. The summed E-state index contributed by atoms with van der Waals surface area (Å²) in [5.41, 5.74) is 0.626. The van der Waals surface area contributed by atoms with Crippen molar-refractivity contribution in [3.63, 3.8) is 0 Å².